The molecule has 0 radical (unpaired) electrons. The van der Waals surface area contributed by atoms with E-state index in [0.717, 1.165) is 11.2 Å². The molecule has 0 unspecified atom stereocenters. The van der Waals surface area contributed by atoms with Crippen LogP contribution in [0, 0.1) is 0 Å². The third-order valence-corrected chi connectivity index (χ3v) is 4.10. The number of nitrogens with two attached hydrogens (primary N) is 2. The molecule has 0 spiro atoms. The monoisotopic (exact) mass is 382 g/mol. The van der Waals surface area contributed by atoms with E-state index in [1.807, 2.05) is 6.07 Å². The van der Waals surface area contributed by atoms with E-state index in [1.54, 1.807) is 37.5 Å². The average Bonchev–Trinajstić information content (AvgIpc) is 3.08. The van der Waals surface area contributed by atoms with E-state index in [1.165, 1.54) is 4.57 Å². The maximum Gasteiger partial charge on any atom is 0.354 e. The summed E-state index contributed by atoms with van der Waals surface area (Å²) in [6.45, 7) is 0.910. The molecule has 3 rings (SSSR count). The fraction of sp³-hybridized carbons (Fsp3) is 0.222. The minimum atomic E-state index is -0.408. The van der Waals surface area contributed by atoms with Gasteiger partial charge in [-0.3, -0.25) is 14.4 Å². The second-order valence-electron chi connectivity index (χ2n) is 6.09. The summed E-state index contributed by atoms with van der Waals surface area (Å²) in [7, 11) is 1.78. The van der Waals surface area contributed by atoms with Crippen molar-refractivity contribution in [2.75, 3.05) is 25.5 Å². The number of nitrogens with zero attached hydrogens (tertiary/aromatic N) is 3. The first kappa shape index (κ1) is 19.0. The summed E-state index contributed by atoms with van der Waals surface area (Å²) in [5, 5.41) is 6.57. The van der Waals surface area contributed by atoms with Gasteiger partial charge in [0.25, 0.3) is 5.91 Å². The normalized spacial score (nSPS) is 10.6. The number of amides is 1. The van der Waals surface area contributed by atoms with Crippen LogP contribution in [0.5, 0.6) is 0 Å². The second kappa shape index (κ2) is 8.25. The lowest BCUT2D eigenvalue weighted by Gasteiger charge is -2.07. The van der Waals surface area contributed by atoms with Crippen LogP contribution < -0.4 is 27.8 Å². The number of aliphatic imine (C=N–C) groups is 1. The minimum absolute atomic E-state index is 0.0339. The predicted molar refractivity (Wildman–Crippen MR) is 109 cm³/mol. The van der Waals surface area contributed by atoms with Crippen LogP contribution in [0.1, 0.15) is 16.8 Å². The van der Waals surface area contributed by atoms with Crippen LogP contribution >= 0.6 is 0 Å². The number of aromatic nitrogens is 3. The summed E-state index contributed by atoms with van der Waals surface area (Å²) in [5.41, 5.74) is 11.7. The van der Waals surface area contributed by atoms with Crippen LogP contribution in [0.4, 0.5) is 5.82 Å². The standard InChI is InChI=1S/C18H22N8O2/c1-21-14-9-12-10-26(18(28)25-15(12)24-14)13-5-3-11(4-6-13)16(27)22-7-2-8-23-17(19)20/h3-6,9-10,21H,2,7-8H2,1H3,(H,22,27)(H4,19,20,23)(H,24,25,28). The largest absolute Gasteiger partial charge is 0.375 e. The Morgan fingerprint density at radius 2 is 2.04 bits per heavy atom. The van der Waals surface area contributed by atoms with Gasteiger partial charge in [0.1, 0.15) is 11.5 Å². The van der Waals surface area contributed by atoms with Gasteiger partial charge in [0.05, 0.1) is 5.69 Å². The van der Waals surface area contributed by atoms with Crippen molar-refractivity contribution in [3.8, 4) is 5.69 Å². The number of benzene rings is 1. The van der Waals surface area contributed by atoms with Crippen LogP contribution in [-0.2, 0) is 0 Å². The molecular weight excluding hydrogens is 360 g/mol. The molecule has 3 aromatic rings. The zero-order valence-corrected chi connectivity index (χ0v) is 15.4. The summed E-state index contributed by atoms with van der Waals surface area (Å²) in [4.78, 5) is 35.4. The van der Waals surface area contributed by atoms with Crippen molar-refractivity contribution in [3.63, 3.8) is 0 Å². The highest BCUT2D eigenvalue weighted by atomic mass is 16.2. The van der Waals surface area contributed by atoms with Gasteiger partial charge < -0.3 is 27.1 Å². The minimum Gasteiger partial charge on any atom is -0.375 e. The van der Waals surface area contributed by atoms with Crippen molar-refractivity contribution in [2.24, 2.45) is 16.5 Å². The van der Waals surface area contributed by atoms with Crippen molar-refractivity contribution >= 4 is 28.7 Å². The van der Waals surface area contributed by atoms with Crippen LogP contribution in [0.25, 0.3) is 16.7 Å². The van der Waals surface area contributed by atoms with Gasteiger partial charge in [0, 0.05) is 37.3 Å². The number of rotatable bonds is 7. The van der Waals surface area contributed by atoms with Crippen molar-refractivity contribution in [3.05, 3.63) is 52.6 Å². The molecule has 0 saturated heterocycles. The van der Waals surface area contributed by atoms with Gasteiger partial charge in [-0.1, -0.05) is 0 Å². The first-order valence-electron chi connectivity index (χ1n) is 8.72. The molecule has 7 N–H and O–H groups in total. The Labute approximate surface area is 160 Å². The van der Waals surface area contributed by atoms with Crippen molar-refractivity contribution in [1.29, 1.82) is 0 Å². The van der Waals surface area contributed by atoms with Gasteiger partial charge in [-0.05, 0) is 36.8 Å². The van der Waals surface area contributed by atoms with Gasteiger partial charge >= 0.3 is 5.69 Å². The third-order valence-electron chi connectivity index (χ3n) is 4.10. The molecule has 0 saturated carbocycles. The highest BCUT2D eigenvalue weighted by molar-refractivity contribution is 5.94. The predicted octanol–water partition coefficient (Wildman–Crippen LogP) is 0.149. The summed E-state index contributed by atoms with van der Waals surface area (Å²) in [5.74, 6) is 0.597. The van der Waals surface area contributed by atoms with Gasteiger partial charge in [-0.2, -0.15) is 4.98 Å². The topological polar surface area (TPSA) is 156 Å². The summed E-state index contributed by atoms with van der Waals surface area (Å²) in [6.07, 6.45) is 2.34. The molecule has 2 heterocycles. The number of fused-ring (bicyclic) bond motifs is 1. The molecule has 0 aliphatic carbocycles. The average molecular weight is 382 g/mol. The van der Waals surface area contributed by atoms with Gasteiger partial charge in [-0.25, -0.2) is 4.79 Å². The molecule has 1 aromatic carbocycles. The Balaban J connectivity index is 1.71. The Morgan fingerprint density at radius 1 is 1.29 bits per heavy atom. The van der Waals surface area contributed by atoms with Crippen LogP contribution in [0.3, 0.4) is 0 Å². The Kier molecular flexibility index (Phi) is 5.58. The molecule has 2 aromatic heterocycles. The number of carbonyl (C=O) groups excluding carboxylic acids is 1. The summed E-state index contributed by atoms with van der Waals surface area (Å²) >= 11 is 0. The molecule has 1 amide bonds. The lowest BCUT2D eigenvalue weighted by Crippen LogP contribution is -2.26. The number of anilines is 1. The molecule has 0 atom stereocenters. The van der Waals surface area contributed by atoms with Gasteiger partial charge in [0.2, 0.25) is 0 Å². The zero-order chi connectivity index (χ0) is 20.1. The van der Waals surface area contributed by atoms with Crippen LogP contribution in [0.2, 0.25) is 0 Å². The van der Waals surface area contributed by atoms with E-state index in [4.69, 9.17) is 11.5 Å². The molecule has 10 heteroatoms. The fourth-order valence-corrected chi connectivity index (χ4v) is 2.68. The zero-order valence-electron chi connectivity index (χ0n) is 15.4. The fourth-order valence-electron chi connectivity index (χ4n) is 2.68. The smallest absolute Gasteiger partial charge is 0.354 e. The highest BCUT2D eigenvalue weighted by Gasteiger charge is 2.09. The molecular formula is C18H22N8O2. The molecule has 10 nitrogen and oxygen atoms in total. The third kappa shape index (κ3) is 4.29. The van der Waals surface area contributed by atoms with Crippen LogP contribution in [-0.4, -0.2) is 46.5 Å². The van der Waals surface area contributed by atoms with Crippen molar-refractivity contribution in [2.45, 2.75) is 6.42 Å². The molecule has 0 fully saturated rings. The van der Waals surface area contributed by atoms with E-state index in [9.17, 15) is 9.59 Å². The van der Waals surface area contributed by atoms with Crippen molar-refractivity contribution < 1.29 is 4.79 Å². The maximum absolute atomic E-state index is 12.3. The molecule has 0 aliphatic heterocycles. The SMILES string of the molecule is CNc1cc2cn(-c3ccc(C(=O)NCCCN=C(N)N)cc3)c(=O)nc2[nH]1. The number of H-pyrrole nitrogens is 1. The number of nitrogens with one attached hydrogen (secondary N) is 3. The van der Waals surface area contributed by atoms with E-state index in [2.05, 4.69) is 25.6 Å². The first-order chi connectivity index (χ1) is 13.5. The number of aromatic amines is 1. The maximum atomic E-state index is 12.3. The number of hydrogen-bond donors (Lipinski definition) is 5. The lowest BCUT2D eigenvalue weighted by molar-refractivity contribution is 0.0953. The molecule has 0 bridgehead atoms. The lowest BCUT2D eigenvalue weighted by atomic mass is 10.2. The summed E-state index contributed by atoms with van der Waals surface area (Å²) in [6, 6.07) is 8.59. The first-order valence-corrected chi connectivity index (χ1v) is 8.72. The van der Waals surface area contributed by atoms with E-state index >= 15 is 0 Å². The Bertz CT molecular complexity index is 1060. The number of hydrogen-bond acceptors (Lipinski definition) is 5. The van der Waals surface area contributed by atoms with Gasteiger partial charge in [-0.15, -0.1) is 0 Å². The Hall–Kier alpha value is -3.82. The highest BCUT2D eigenvalue weighted by Crippen LogP contribution is 2.16. The van der Waals surface area contributed by atoms with E-state index < -0.39 is 5.69 Å². The van der Waals surface area contributed by atoms with Gasteiger partial charge in [0.15, 0.2) is 5.96 Å². The van der Waals surface area contributed by atoms with E-state index in [-0.39, 0.29) is 11.9 Å². The second-order valence-corrected chi connectivity index (χ2v) is 6.09. The quantitative estimate of drug-likeness (QED) is 0.222. The number of guanidine groups is 1. The van der Waals surface area contributed by atoms with Crippen LogP contribution in [0.15, 0.2) is 46.3 Å². The number of carbonyl (C=O) groups is 1. The van der Waals surface area contributed by atoms with E-state index in [0.29, 0.717) is 36.4 Å². The molecule has 28 heavy (non-hydrogen) atoms. The molecule has 146 valence electrons. The van der Waals surface area contributed by atoms with Crippen molar-refractivity contribution in [1.82, 2.24) is 19.9 Å². The molecule has 0 aliphatic rings. The Morgan fingerprint density at radius 3 is 2.71 bits per heavy atom. The summed E-state index contributed by atoms with van der Waals surface area (Å²) < 4.78 is 1.44.